The molecule has 6 heterocycles. The second kappa shape index (κ2) is 14.8. The summed E-state index contributed by atoms with van der Waals surface area (Å²) in [5.41, 5.74) is 24.1. The molecule has 7 heteroatoms. The topological polar surface area (TPSA) is 16.2 Å². The van der Waals surface area contributed by atoms with Gasteiger partial charge in [0.2, 0.25) is 0 Å². The highest BCUT2D eigenvalue weighted by Crippen LogP contribution is 2.54. The molecule has 6 aliphatic heterocycles. The molecule has 4 fully saturated rings. The second-order valence-corrected chi connectivity index (χ2v) is 20.9. The fourth-order valence-electron chi connectivity index (χ4n) is 14.8. The lowest BCUT2D eigenvalue weighted by Crippen LogP contribution is -2.65. The van der Waals surface area contributed by atoms with Gasteiger partial charge in [0, 0.05) is 86.0 Å². The van der Waals surface area contributed by atoms with Crippen LogP contribution in [0.15, 0.2) is 212 Å². The van der Waals surface area contributed by atoms with Gasteiger partial charge in [0.05, 0.1) is 0 Å². The Bertz CT molecular complexity index is 3540. The molecule has 4 bridgehead atoms. The van der Waals surface area contributed by atoms with Crippen LogP contribution in [0.1, 0.15) is 32.1 Å². The maximum absolute atomic E-state index is 2.90. The first kappa shape index (κ1) is 39.0. The van der Waals surface area contributed by atoms with Gasteiger partial charge in [-0.15, -0.1) is 0 Å². The van der Waals surface area contributed by atoms with Crippen molar-refractivity contribution in [3.8, 4) is 0 Å². The molecule has 2 saturated carbocycles. The summed E-state index contributed by atoms with van der Waals surface area (Å²) < 4.78 is 0. The summed E-state index contributed by atoms with van der Waals surface area (Å²) in [6.07, 6.45) is 6.70. The normalized spacial score (nSPS) is 20.4. The Labute approximate surface area is 411 Å². The van der Waals surface area contributed by atoms with Gasteiger partial charge in [-0.05, 0) is 168 Å². The standard InChI is InChI=1S/C63H49B2N5/c1-5-18-43(19-6-1)67-54-28-15-13-26-50(54)64-52-39-53-59(40-58(52)69(45-22-9-3-10-23-45)57-31-17-30-56(67)62(57)64)70(46-24-11-4-12-25-46)61-38-49(66-47-33-41-32-42(35-47)36-48(66)34-41)37-60-63(61)65(53)51-27-14-16-29-55(51)68(60)44-20-7-2-8-21-44/h1-31,37-42,47-48H,32-36H2. The molecule has 2 aliphatic carbocycles. The average Bonchev–Trinajstić information content (AvgIpc) is 3.41. The van der Waals surface area contributed by atoms with Crippen molar-refractivity contribution in [2.24, 2.45) is 11.8 Å². The van der Waals surface area contributed by atoms with E-state index in [1.165, 1.54) is 127 Å². The highest BCUT2D eigenvalue weighted by molar-refractivity contribution is 7.03. The lowest BCUT2D eigenvalue weighted by Gasteiger charge is -2.58. The number of benzene rings is 9. The van der Waals surface area contributed by atoms with Crippen molar-refractivity contribution in [1.29, 1.82) is 0 Å². The highest BCUT2D eigenvalue weighted by atomic mass is 15.2. The molecule has 70 heavy (non-hydrogen) atoms. The highest BCUT2D eigenvalue weighted by Gasteiger charge is 2.51. The molecule has 9 aromatic rings. The van der Waals surface area contributed by atoms with Crippen molar-refractivity contribution in [2.75, 3.05) is 24.5 Å². The van der Waals surface area contributed by atoms with Crippen molar-refractivity contribution < 1.29 is 0 Å². The zero-order valence-electron chi connectivity index (χ0n) is 38.9. The van der Waals surface area contributed by atoms with Crippen LogP contribution < -0.4 is 57.3 Å². The van der Waals surface area contributed by atoms with Crippen molar-refractivity contribution in [3.05, 3.63) is 212 Å². The molecular weight excluding hydrogens is 848 g/mol. The first-order valence-electron chi connectivity index (χ1n) is 25.6. The van der Waals surface area contributed by atoms with Crippen LogP contribution in [0.5, 0.6) is 0 Å². The van der Waals surface area contributed by atoms with Gasteiger partial charge in [0.1, 0.15) is 0 Å². The Kier molecular flexibility index (Phi) is 8.25. The van der Waals surface area contributed by atoms with E-state index < -0.39 is 0 Å². The van der Waals surface area contributed by atoms with Gasteiger partial charge in [-0.3, -0.25) is 0 Å². The Morgan fingerprint density at radius 2 is 0.629 bits per heavy atom. The molecule has 2 saturated heterocycles. The SMILES string of the molecule is c1ccc(N2c3ccccc3B3c4cc5c(cc4N(c4ccccc4)c4cccc2c43)N(c2ccccc2)c2cc(N3C4CC6CC(C4)CC3C6)cc3c2B5c2ccccc2N3c2ccccc2)cc1. The Hall–Kier alpha value is -7.89. The Morgan fingerprint density at radius 3 is 1.09 bits per heavy atom. The van der Waals surface area contributed by atoms with Gasteiger partial charge < -0.3 is 24.5 Å². The number of hydrogen-bond acceptors (Lipinski definition) is 5. The number of nitrogens with zero attached hydrogens (tertiary/aromatic N) is 5. The van der Waals surface area contributed by atoms with Crippen LogP contribution in [-0.4, -0.2) is 25.5 Å². The third-order valence-electron chi connectivity index (χ3n) is 17.2. The fraction of sp³-hybridized carbons (Fsp3) is 0.143. The van der Waals surface area contributed by atoms with Crippen molar-refractivity contribution >= 4 is 120 Å². The van der Waals surface area contributed by atoms with E-state index in [2.05, 4.69) is 237 Å². The van der Waals surface area contributed by atoms with Crippen LogP contribution in [0.4, 0.5) is 73.9 Å². The second-order valence-electron chi connectivity index (χ2n) is 20.9. The number of hydrogen-bond donors (Lipinski definition) is 0. The minimum atomic E-state index is -0.00885. The molecule has 8 aliphatic rings. The van der Waals surface area contributed by atoms with E-state index in [0.717, 1.165) is 23.2 Å². The zero-order chi connectivity index (χ0) is 45.6. The van der Waals surface area contributed by atoms with Gasteiger partial charge in [-0.1, -0.05) is 121 Å². The van der Waals surface area contributed by atoms with Gasteiger partial charge in [0.25, 0.3) is 13.4 Å². The van der Waals surface area contributed by atoms with E-state index in [1.807, 2.05) is 0 Å². The number of anilines is 13. The van der Waals surface area contributed by atoms with E-state index in [1.54, 1.807) is 0 Å². The minimum Gasteiger partial charge on any atom is -0.365 e. The summed E-state index contributed by atoms with van der Waals surface area (Å²) in [5.74, 6) is 1.74. The van der Waals surface area contributed by atoms with E-state index in [9.17, 15) is 0 Å². The average molecular weight is 898 g/mol. The lowest BCUT2D eigenvalue weighted by molar-refractivity contribution is 0.0900. The molecule has 0 atom stereocenters. The largest absolute Gasteiger partial charge is 0.365 e. The summed E-state index contributed by atoms with van der Waals surface area (Å²) in [5, 5.41) is 0. The number of rotatable bonds is 5. The van der Waals surface area contributed by atoms with Gasteiger partial charge in [0.15, 0.2) is 0 Å². The fourth-order valence-corrected chi connectivity index (χ4v) is 14.8. The quantitative estimate of drug-likeness (QED) is 0.160. The zero-order valence-corrected chi connectivity index (χ0v) is 38.9. The molecule has 9 aromatic carbocycles. The smallest absolute Gasteiger partial charge is 0.252 e. The van der Waals surface area contributed by atoms with E-state index >= 15 is 0 Å². The third-order valence-corrected chi connectivity index (χ3v) is 17.2. The summed E-state index contributed by atoms with van der Waals surface area (Å²) in [7, 11) is 0. The molecule has 0 N–H and O–H groups in total. The minimum absolute atomic E-state index is 0.000387. The maximum atomic E-state index is 2.90. The van der Waals surface area contributed by atoms with Crippen LogP contribution in [0.25, 0.3) is 0 Å². The molecule has 0 aromatic heterocycles. The van der Waals surface area contributed by atoms with Crippen molar-refractivity contribution in [3.63, 3.8) is 0 Å². The third kappa shape index (κ3) is 5.46. The predicted molar refractivity (Wildman–Crippen MR) is 295 cm³/mol. The van der Waals surface area contributed by atoms with Crippen LogP contribution in [-0.2, 0) is 0 Å². The van der Waals surface area contributed by atoms with Gasteiger partial charge in [-0.2, -0.15) is 0 Å². The van der Waals surface area contributed by atoms with E-state index in [-0.39, 0.29) is 13.4 Å². The molecule has 0 spiro atoms. The molecule has 0 radical (unpaired) electrons. The molecule has 332 valence electrons. The first-order valence-corrected chi connectivity index (χ1v) is 25.6. The number of fused-ring (bicyclic) bond motifs is 8. The number of piperidine rings is 2. The maximum Gasteiger partial charge on any atom is 0.252 e. The molecular formula is C63H49B2N5. The van der Waals surface area contributed by atoms with Crippen LogP contribution in [0.2, 0.25) is 0 Å². The van der Waals surface area contributed by atoms with Crippen LogP contribution >= 0.6 is 0 Å². The van der Waals surface area contributed by atoms with Crippen LogP contribution in [0, 0.1) is 11.8 Å². The summed E-state index contributed by atoms with van der Waals surface area (Å²) in [6, 6.07) is 81.4. The molecule has 17 rings (SSSR count). The van der Waals surface area contributed by atoms with E-state index in [4.69, 9.17) is 0 Å². The first-order chi connectivity index (χ1) is 34.7. The van der Waals surface area contributed by atoms with Crippen molar-refractivity contribution in [1.82, 2.24) is 0 Å². The van der Waals surface area contributed by atoms with Crippen molar-refractivity contribution in [2.45, 2.75) is 44.2 Å². The number of para-hydroxylation sites is 6. The Balaban J connectivity index is 1.00. The summed E-state index contributed by atoms with van der Waals surface area (Å²) >= 11 is 0. The molecule has 0 unspecified atom stereocenters. The monoisotopic (exact) mass is 897 g/mol. The molecule has 0 amide bonds. The van der Waals surface area contributed by atoms with Gasteiger partial charge in [-0.25, -0.2) is 0 Å². The summed E-state index contributed by atoms with van der Waals surface area (Å²) in [6.45, 7) is -0.00846. The summed E-state index contributed by atoms with van der Waals surface area (Å²) in [4.78, 5) is 13.2. The van der Waals surface area contributed by atoms with E-state index in [0.29, 0.717) is 12.1 Å². The van der Waals surface area contributed by atoms with Gasteiger partial charge >= 0.3 is 0 Å². The van der Waals surface area contributed by atoms with Crippen LogP contribution in [0.3, 0.4) is 0 Å². The Morgan fingerprint density at radius 1 is 0.271 bits per heavy atom. The molecule has 5 nitrogen and oxygen atoms in total. The predicted octanol–water partition coefficient (Wildman–Crippen LogP) is 11.6. The lowest BCUT2D eigenvalue weighted by atomic mass is 9.30.